The van der Waals surface area contributed by atoms with Crippen LogP contribution in [0.25, 0.3) is 0 Å². The van der Waals surface area contributed by atoms with Gasteiger partial charge >= 0.3 is 12.1 Å². The molecule has 0 radical (unpaired) electrons. The molecule has 6 nitrogen and oxygen atoms in total. The summed E-state index contributed by atoms with van der Waals surface area (Å²) in [5.74, 6) is 0. The van der Waals surface area contributed by atoms with Crippen LogP contribution < -0.4 is 5.73 Å². The topological polar surface area (TPSA) is 88.1 Å². The Kier molecular flexibility index (Phi) is 8.01. The van der Waals surface area contributed by atoms with E-state index < -0.39 is 12.1 Å². The summed E-state index contributed by atoms with van der Waals surface area (Å²) < 4.78 is 0. The maximum Gasteiger partial charge on any atom is 0.369 e. The lowest BCUT2D eigenvalue weighted by molar-refractivity contribution is 0.196. The van der Waals surface area contributed by atoms with Gasteiger partial charge in [-0.2, -0.15) is 5.11 Å². The van der Waals surface area contributed by atoms with Gasteiger partial charge in [0.05, 0.1) is 6.54 Å². The Labute approximate surface area is 95.9 Å². The molecule has 0 saturated carbocycles. The number of unbranched alkanes of at least 4 members (excludes halogenated alkanes) is 2. The molecule has 0 aromatic rings. The molecule has 0 aliphatic rings. The summed E-state index contributed by atoms with van der Waals surface area (Å²) in [6.45, 7) is 4.79. The van der Waals surface area contributed by atoms with Gasteiger partial charge in [0.15, 0.2) is 0 Å². The van der Waals surface area contributed by atoms with Gasteiger partial charge in [-0.3, -0.25) is 0 Å². The Hall–Kier alpha value is -1.46. The van der Waals surface area contributed by atoms with E-state index in [0.717, 1.165) is 30.6 Å². The van der Waals surface area contributed by atoms with E-state index in [1.165, 1.54) is 0 Å². The Morgan fingerprint density at radius 1 is 1.19 bits per heavy atom. The summed E-state index contributed by atoms with van der Waals surface area (Å²) in [5.41, 5.74) is 5.07. The van der Waals surface area contributed by atoms with Crippen molar-refractivity contribution in [2.75, 3.05) is 13.1 Å². The van der Waals surface area contributed by atoms with Crippen molar-refractivity contribution in [2.24, 2.45) is 16.0 Å². The SMILES string of the molecule is CCCCN=NC(=O)N(CCCC)C(N)=O. The van der Waals surface area contributed by atoms with Crippen molar-refractivity contribution in [1.82, 2.24) is 4.90 Å². The summed E-state index contributed by atoms with van der Waals surface area (Å²) in [7, 11) is 0. The van der Waals surface area contributed by atoms with Crippen LogP contribution in [0.5, 0.6) is 0 Å². The number of primary amides is 1. The smallest absolute Gasteiger partial charge is 0.351 e. The molecule has 0 bridgehead atoms. The molecule has 0 saturated heterocycles. The number of carbonyl (C=O) groups excluding carboxylic acids is 2. The fourth-order valence-electron chi connectivity index (χ4n) is 1.01. The van der Waals surface area contributed by atoms with Crippen LogP contribution in [0.1, 0.15) is 39.5 Å². The monoisotopic (exact) mass is 228 g/mol. The molecule has 2 N–H and O–H groups in total. The van der Waals surface area contributed by atoms with Crippen LogP contribution >= 0.6 is 0 Å². The van der Waals surface area contributed by atoms with E-state index in [9.17, 15) is 9.59 Å². The predicted octanol–water partition coefficient (Wildman–Crippen LogP) is 2.54. The third-order valence-electron chi connectivity index (χ3n) is 2.00. The molecule has 0 rings (SSSR count). The molecule has 0 aliphatic heterocycles. The Bertz CT molecular complexity index is 253. The number of urea groups is 2. The number of nitrogens with two attached hydrogens (primary N) is 1. The summed E-state index contributed by atoms with van der Waals surface area (Å²) in [6, 6.07) is -1.44. The summed E-state index contributed by atoms with van der Waals surface area (Å²) >= 11 is 0. The average Bonchev–Trinajstić information content (AvgIpc) is 2.24. The van der Waals surface area contributed by atoms with Gasteiger partial charge in [-0.1, -0.05) is 31.8 Å². The highest BCUT2D eigenvalue weighted by atomic mass is 16.2. The zero-order valence-corrected chi connectivity index (χ0v) is 9.98. The molecular formula is C10H20N4O2. The van der Waals surface area contributed by atoms with E-state index in [2.05, 4.69) is 10.2 Å². The minimum atomic E-state index is -0.770. The minimum absolute atomic E-state index is 0.303. The minimum Gasteiger partial charge on any atom is -0.351 e. The van der Waals surface area contributed by atoms with E-state index >= 15 is 0 Å². The standard InChI is InChI=1S/C10H20N4O2/c1-3-5-7-12-13-10(16)14(9(11)15)8-6-4-2/h3-8H2,1-2H3,(H2,11,15). The second-order valence-electron chi connectivity index (χ2n) is 3.44. The summed E-state index contributed by atoms with van der Waals surface area (Å²) in [4.78, 5) is 23.3. The molecular weight excluding hydrogens is 208 g/mol. The van der Waals surface area contributed by atoms with Crippen molar-refractivity contribution in [3.8, 4) is 0 Å². The predicted molar refractivity (Wildman–Crippen MR) is 61.2 cm³/mol. The molecule has 16 heavy (non-hydrogen) atoms. The Morgan fingerprint density at radius 2 is 1.81 bits per heavy atom. The van der Waals surface area contributed by atoms with Crippen LogP contribution in [0.15, 0.2) is 10.2 Å². The maximum absolute atomic E-state index is 11.4. The lowest BCUT2D eigenvalue weighted by atomic mass is 10.3. The van der Waals surface area contributed by atoms with Gasteiger partial charge < -0.3 is 5.73 Å². The molecule has 0 aromatic heterocycles. The van der Waals surface area contributed by atoms with Gasteiger partial charge in [-0.25, -0.2) is 14.5 Å². The molecule has 92 valence electrons. The molecule has 0 aromatic carbocycles. The Morgan fingerprint density at radius 3 is 2.31 bits per heavy atom. The highest BCUT2D eigenvalue weighted by Crippen LogP contribution is 1.99. The Balaban J connectivity index is 4.16. The van der Waals surface area contributed by atoms with Crippen LogP contribution in [0.2, 0.25) is 0 Å². The largest absolute Gasteiger partial charge is 0.369 e. The van der Waals surface area contributed by atoms with Gasteiger partial charge in [-0.05, 0) is 12.8 Å². The van der Waals surface area contributed by atoms with Gasteiger partial charge in [0.2, 0.25) is 0 Å². The fourth-order valence-corrected chi connectivity index (χ4v) is 1.01. The first-order chi connectivity index (χ1) is 7.63. The first kappa shape index (κ1) is 14.5. The first-order valence-electron chi connectivity index (χ1n) is 5.61. The average molecular weight is 228 g/mol. The van der Waals surface area contributed by atoms with Crippen molar-refractivity contribution in [1.29, 1.82) is 0 Å². The maximum atomic E-state index is 11.4. The number of carbonyl (C=O) groups is 2. The van der Waals surface area contributed by atoms with Crippen molar-refractivity contribution in [3.63, 3.8) is 0 Å². The highest BCUT2D eigenvalue weighted by molar-refractivity contribution is 5.92. The van der Waals surface area contributed by atoms with Crippen LogP contribution in [0.4, 0.5) is 9.59 Å². The molecule has 0 fully saturated rings. The van der Waals surface area contributed by atoms with E-state index in [-0.39, 0.29) is 0 Å². The molecule has 0 atom stereocenters. The number of hydrogen-bond donors (Lipinski definition) is 1. The van der Waals surface area contributed by atoms with Crippen LogP contribution in [-0.2, 0) is 0 Å². The summed E-state index contributed by atoms with van der Waals surface area (Å²) in [6.07, 6.45) is 3.47. The number of amides is 4. The number of imide groups is 1. The third-order valence-corrected chi connectivity index (χ3v) is 2.00. The normalized spacial score (nSPS) is 10.6. The van der Waals surface area contributed by atoms with Crippen molar-refractivity contribution in [3.05, 3.63) is 0 Å². The van der Waals surface area contributed by atoms with E-state index in [0.29, 0.717) is 13.1 Å². The number of rotatable bonds is 6. The van der Waals surface area contributed by atoms with E-state index in [4.69, 9.17) is 5.73 Å². The highest BCUT2D eigenvalue weighted by Gasteiger charge is 2.17. The van der Waals surface area contributed by atoms with Crippen molar-refractivity contribution < 1.29 is 9.59 Å². The molecule has 0 spiro atoms. The molecule has 0 aliphatic carbocycles. The molecule has 4 amide bonds. The van der Waals surface area contributed by atoms with Gasteiger partial charge in [0.25, 0.3) is 0 Å². The molecule has 6 heteroatoms. The summed E-state index contributed by atoms with van der Waals surface area (Å²) in [5, 5.41) is 7.15. The zero-order chi connectivity index (χ0) is 12.4. The number of azo groups is 1. The lowest BCUT2D eigenvalue weighted by Crippen LogP contribution is -2.39. The zero-order valence-electron chi connectivity index (χ0n) is 9.98. The second kappa shape index (κ2) is 8.82. The van der Waals surface area contributed by atoms with E-state index in [1.807, 2.05) is 13.8 Å². The van der Waals surface area contributed by atoms with Crippen LogP contribution in [0.3, 0.4) is 0 Å². The quantitative estimate of drug-likeness (QED) is 0.559. The van der Waals surface area contributed by atoms with Crippen molar-refractivity contribution in [2.45, 2.75) is 39.5 Å². The van der Waals surface area contributed by atoms with Crippen LogP contribution in [0, 0.1) is 0 Å². The lowest BCUT2D eigenvalue weighted by Gasteiger charge is -2.14. The molecule has 0 unspecified atom stereocenters. The van der Waals surface area contributed by atoms with Gasteiger partial charge in [0.1, 0.15) is 0 Å². The van der Waals surface area contributed by atoms with Crippen LogP contribution in [-0.4, -0.2) is 30.1 Å². The second-order valence-corrected chi connectivity index (χ2v) is 3.44. The fraction of sp³-hybridized carbons (Fsp3) is 0.800. The number of hydrogen-bond acceptors (Lipinski definition) is 3. The first-order valence-corrected chi connectivity index (χ1v) is 5.61. The molecule has 0 heterocycles. The van der Waals surface area contributed by atoms with Gasteiger partial charge in [-0.15, -0.1) is 0 Å². The number of nitrogens with zero attached hydrogens (tertiary/aromatic N) is 3. The van der Waals surface area contributed by atoms with Gasteiger partial charge in [0, 0.05) is 6.54 Å². The third kappa shape index (κ3) is 6.10. The van der Waals surface area contributed by atoms with E-state index in [1.54, 1.807) is 0 Å². The van der Waals surface area contributed by atoms with Crippen molar-refractivity contribution >= 4 is 12.1 Å².